The van der Waals surface area contributed by atoms with Crippen molar-refractivity contribution in [1.82, 2.24) is 4.98 Å². The summed E-state index contributed by atoms with van der Waals surface area (Å²) >= 11 is 0. The van der Waals surface area contributed by atoms with E-state index in [0.717, 1.165) is 12.8 Å². The largest absolute Gasteiger partial charge is 0.317 e. The quantitative estimate of drug-likeness (QED) is 0.479. The predicted molar refractivity (Wildman–Crippen MR) is 33.6 cm³/mol. The lowest BCUT2D eigenvalue weighted by atomic mass is 10.1. The van der Waals surface area contributed by atoms with Crippen molar-refractivity contribution >= 4 is 0 Å². The molecule has 1 aromatic heterocycles. The molecular weight excluding hydrogens is 110 g/mol. The van der Waals surface area contributed by atoms with Crippen LogP contribution in [-0.2, 0) is 12.8 Å². The van der Waals surface area contributed by atoms with E-state index in [1.807, 2.05) is 0 Å². The van der Waals surface area contributed by atoms with Gasteiger partial charge in [0.1, 0.15) is 0 Å². The molecule has 0 aromatic carbocycles. The standard InChI is InChI=1S/C8H5N/c1-2-4-8-7(3-1)5-6-9-8/h9H,3-4H2. The topological polar surface area (TPSA) is 15.8 Å². The van der Waals surface area contributed by atoms with Crippen LogP contribution in [-0.4, -0.2) is 4.98 Å². The first-order chi connectivity index (χ1) is 4.47. The van der Waals surface area contributed by atoms with E-state index in [0.29, 0.717) is 0 Å². The van der Waals surface area contributed by atoms with Crippen LogP contribution >= 0.6 is 0 Å². The van der Waals surface area contributed by atoms with Gasteiger partial charge in [0.25, 0.3) is 0 Å². The zero-order valence-electron chi connectivity index (χ0n) is 4.91. The molecule has 0 amide bonds. The lowest BCUT2D eigenvalue weighted by molar-refractivity contribution is 1.09. The number of rotatable bonds is 0. The molecule has 1 aliphatic carbocycles. The average molecular weight is 115 g/mol. The summed E-state index contributed by atoms with van der Waals surface area (Å²) in [5.41, 5.74) is 2.38. The molecule has 0 aliphatic heterocycles. The molecule has 0 radical (unpaired) electrons. The van der Waals surface area contributed by atoms with Crippen LogP contribution in [0.4, 0.5) is 0 Å². The Morgan fingerprint density at radius 1 is 1.22 bits per heavy atom. The van der Waals surface area contributed by atoms with Crippen LogP contribution in [0.3, 0.4) is 0 Å². The predicted octanol–water partition coefficient (Wildman–Crippen LogP) is 0.717. The summed E-state index contributed by atoms with van der Waals surface area (Å²) in [7, 11) is 0. The molecule has 9 heavy (non-hydrogen) atoms. The summed E-state index contributed by atoms with van der Waals surface area (Å²) in [4.78, 5) is 2.97. The smallest absolute Gasteiger partial charge is 0.0507 e. The molecule has 0 spiro atoms. The maximum atomic E-state index is 3.01. The van der Waals surface area contributed by atoms with Gasteiger partial charge in [-0.05, 0) is 6.07 Å². The van der Waals surface area contributed by atoms with E-state index in [4.69, 9.17) is 0 Å². The second-order valence-corrected chi connectivity index (χ2v) is 2.04. The van der Waals surface area contributed by atoms with E-state index in [2.05, 4.69) is 29.1 Å². The van der Waals surface area contributed by atoms with Gasteiger partial charge in [-0.2, -0.15) is 0 Å². The molecule has 1 aliphatic rings. The monoisotopic (exact) mass is 115 g/mol. The van der Waals surface area contributed by atoms with Crippen molar-refractivity contribution < 1.29 is 0 Å². The number of fused-ring (bicyclic) bond motifs is 1. The third-order valence-corrected chi connectivity index (χ3v) is 1.45. The van der Waals surface area contributed by atoms with Crippen LogP contribution in [0.25, 0.3) is 0 Å². The Hall–Kier alpha value is -1.34. The number of aromatic amines is 1. The maximum absolute atomic E-state index is 3.01. The zero-order chi connectivity index (χ0) is 6.10. The Morgan fingerprint density at radius 2 is 2.11 bits per heavy atom. The number of H-pyrrole nitrogens is 1. The van der Waals surface area contributed by atoms with E-state index < -0.39 is 0 Å². The van der Waals surface area contributed by atoms with Gasteiger partial charge in [-0.15, -0.1) is 0 Å². The van der Waals surface area contributed by atoms with Crippen molar-refractivity contribution in [2.45, 2.75) is 12.8 Å². The van der Waals surface area contributed by atoms with Crippen LogP contribution < -0.4 is 0 Å². The highest BCUT2D eigenvalue weighted by atomic mass is 14.7. The molecule has 0 bridgehead atoms. The Labute approximate surface area is 54.1 Å². The molecule has 1 N–H and O–H groups in total. The van der Waals surface area contributed by atoms with Gasteiger partial charge >= 0.3 is 0 Å². The van der Waals surface area contributed by atoms with E-state index in [-0.39, 0.29) is 0 Å². The first-order valence-corrected chi connectivity index (χ1v) is 2.91. The summed E-state index contributed by atoms with van der Waals surface area (Å²) in [5, 5.41) is 0. The summed E-state index contributed by atoms with van der Waals surface area (Å²) in [5.74, 6) is 6.01. The fourth-order valence-corrected chi connectivity index (χ4v) is 0.937. The second-order valence-electron chi connectivity index (χ2n) is 2.04. The van der Waals surface area contributed by atoms with Crippen LogP contribution in [0.15, 0.2) is 0 Å². The maximum Gasteiger partial charge on any atom is 0.0507 e. The molecule has 0 saturated carbocycles. The molecule has 2 rings (SSSR count). The molecule has 0 unspecified atom stereocenters. The minimum absolute atomic E-state index is 0.843. The third kappa shape index (κ3) is 0.590. The first kappa shape index (κ1) is 4.53. The number of nitrogens with one attached hydrogen (secondary N) is 1. The van der Waals surface area contributed by atoms with Gasteiger partial charge in [0.05, 0.1) is 6.42 Å². The first-order valence-electron chi connectivity index (χ1n) is 2.91. The molecular formula is C8H5N. The fourth-order valence-electron chi connectivity index (χ4n) is 0.937. The van der Waals surface area contributed by atoms with E-state index in [9.17, 15) is 0 Å². The second kappa shape index (κ2) is 1.57. The van der Waals surface area contributed by atoms with Crippen LogP contribution in [0.1, 0.15) is 11.3 Å². The van der Waals surface area contributed by atoms with Gasteiger partial charge < -0.3 is 4.98 Å². The van der Waals surface area contributed by atoms with Crippen molar-refractivity contribution in [3.63, 3.8) is 0 Å². The van der Waals surface area contributed by atoms with Crippen molar-refractivity contribution in [1.29, 1.82) is 0 Å². The van der Waals surface area contributed by atoms with Gasteiger partial charge in [0.2, 0.25) is 0 Å². The van der Waals surface area contributed by atoms with Gasteiger partial charge in [0.15, 0.2) is 0 Å². The minimum Gasteiger partial charge on any atom is -0.317 e. The molecule has 1 heterocycles. The minimum atomic E-state index is 0.843. The molecule has 0 atom stereocenters. The third-order valence-electron chi connectivity index (χ3n) is 1.45. The van der Waals surface area contributed by atoms with Crippen LogP contribution in [0.5, 0.6) is 0 Å². The summed E-state index contributed by atoms with van der Waals surface area (Å²) in [6.45, 7) is 0. The molecule has 1 nitrogen and oxygen atoms in total. The van der Waals surface area contributed by atoms with Crippen molar-refractivity contribution in [2.24, 2.45) is 0 Å². The highest BCUT2D eigenvalue weighted by Crippen LogP contribution is 2.06. The van der Waals surface area contributed by atoms with Crippen molar-refractivity contribution in [3.05, 3.63) is 23.5 Å². The van der Waals surface area contributed by atoms with Gasteiger partial charge in [-0.3, -0.25) is 0 Å². The number of aromatic nitrogens is 1. The molecule has 0 saturated heterocycles. The van der Waals surface area contributed by atoms with Crippen LogP contribution in [0, 0.1) is 24.1 Å². The summed E-state index contributed by atoms with van der Waals surface area (Å²) < 4.78 is 0. The van der Waals surface area contributed by atoms with Crippen molar-refractivity contribution in [2.75, 3.05) is 0 Å². The van der Waals surface area contributed by atoms with Crippen LogP contribution in [0.2, 0.25) is 0 Å². The highest BCUT2D eigenvalue weighted by molar-refractivity contribution is 5.29. The van der Waals surface area contributed by atoms with Crippen molar-refractivity contribution in [3.8, 4) is 11.8 Å². The SMILES string of the molecule is C1#CCc2[nH]c#cc2C1. The van der Waals surface area contributed by atoms with E-state index >= 15 is 0 Å². The zero-order valence-corrected chi connectivity index (χ0v) is 4.91. The number of hydrogen-bond acceptors (Lipinski definition) is 0. The Morgan fingerprint density at radius 3 is 3.00 bits per heavy atom. The Kier molecular flexibility index (Phi) is 0.790. The Balaban J connectivity index is 2.51. The van der Waals surface area contributed by atoms with Gasteiger partial charge in [0, 0.05) is 23.9 Å². The van der Waals surface area contributed by atoms with Gasteiger partial charge in [-0.25, -0.2) is 0 Å². The lowest BCUT2D eigenvalue weighted by Crippen LogP contribution is -1.94. The normalized spacial score (nSPS) is 12.9. The van der Waals surface area contributed by atoms with Gasteiger partial charge in [-0.1, -0.05) is 11.8 Å². The lowest BCUT2D eigenvalue weighted by Gasteiger charge is -1.97. The fraction of sp³-hybridized carbons (Fsp3) is 0.250. The average Bonchev–Trinajstić information content (AvgIpc) is 2.33. The molecule has 1 heteroatoms. The molecule has 42 valence electrons. The van der Waals surface area contributed by atoms with E-state index in [1.54, 1.807) is 0 Å². The van der Waals surface area contributed by atoms with E-state index in [1.165, 1.54) is 11.3 Å². The number of hydrogen-bond donors (Lipinski definition) is 1. The Bertz CT molecular complexity index is 248. The molecule has 0 fully saturated rings. The molecule has 1 aromatic rings. The summed E-state index contributed by atoms with van der Waals surface area (Å²) in [6, 6.07) is 2.97. The summed E-state index contributed by atoms with van der Waals surface area (Å²) in [6.07, 6.45) is 4.50. The highest BCUT2D eigenvalue weighted by Gasteiger charge is 2.02.